The van der Waals surface area contributed by atoms with Gasteiger partial charge in [0.25, 0.3) is 23.6 Å². The van der Waals surface area contributed by atoms with E-state index in [4.69, 9.17) is 4.84 Å². The number of carbonyl (C=O) groups excluding carboxylic acids is 4. The Morgan fingerprint density at radius 1 is 0.741 bits per heavy atom. The molecule has 2 aliphatic rings. The molecule has 136 valence electrons. The van der Waals surface area contributed by atoms with Crippen LogP contribution in [0.15, 0.2) is 48.5 Å². The van der Waals surface area contributed by atoms with Crippen LogP contribution in [0.2, 0.25) is 0 Å². The highest BCUT2D eigenvalue weighted by Crippen LogP contribution is 2.26. The Labute approximate surface area is 155 Å². The van der Waals surface area contributed by atoms with Crippen molar-refractivity contribution in [3.8, 4) is 0 Å². The lowest BCUT2D eigenvalue weighted by atomic mass is 10.1. The largest absolute Gasteiger partial charge is 0.285 e. The number of imide groups is 2. The van der Waals surface area contributed by atoms with Gasteiger partial charge in [-0.15, -0.1) is 5.06 Å². The van der Waals surface area contributed by atoms with Gasteiger partial charge in [-0.25, -0.2) is 0 Å². The summed E-state index contributed by atoms with van der Waals surface area (Å²) in [5, 5.41) is 0.736. The topological polar surface area (TPSA) is 84.0 Å². The van der Waals surface area contributed by atoms with E-state index in [9.17, 15) is 19.2 Å². The zero-order chi connectivity index (χ0) is 19.1. The van der Waals surface area contributed by atoms with Gasteiger partial charge in [-0.1, -0.05) is 24.3 Å². The average molecular weight is 364 g/mol. The number of hydrogen-bond acceptors (Lipinski definition) is 5. The second kappa shape index (κ2) is 6.44. The molecule has 7 heteroatoms. The Morgan fingerprint density at radius 2 is 1.15 bits per heavy atom. The maximum atomic E-state index is 12.5. The van der Waals surface area contributed by atoms with Crippen LogP contribution in [-0.4, -0.2) is 46.2 Å². The first kappa shape index (κ1) is 17.1. The van der Waals surface area contributed by atoms with Crippen molar-refractivity contribution >= 4 is 23.6 Å². The van der Waals surface area contributed by atoms with Gasteiger partial charge in [-0.05, 0) is 37.6 Å². The van der Waals surface area contributed by atoms with Gasteiger partial charge in [-0.2, -0.15) is 0 Å². The highest BCUT2D eigenvalue weighted by molar-refractivity contribution is 6.21. The van der Waals surface area contributed by atoms with Crippen LogP contribution in [0.25, 0.3) is 0 Å². The molecule has 7 nitrogen and oxygen atoms in total. The molecular formula is C20H16N2O5. The molecule has 0 aliphatic carbocycles. The summed E-state index contributed by atoms with van der Waals surface area (Å²) in [5.74, 6) is -1.71. The smallest absolute Gasteiger partial charge is 0.271 e. The molecule has 0 fully saturated rings. The van der Waals surface area contributed by atoms with Crippen molar-refractivity contribution in [2.75, 3.05) is 6.61 Å². The van der Waals surface area contributed by atoms with Crippen LogP contribution in [0.3, 0.4) is 0 Å². The molecule has 0 bridgehead atoms. The summed E-state index contributed by atoms with van der Waals surface area (Å²) >= 11 is 0. The molecule has 4 rings (SSSR count). The molecule has 2 aromatic carbocycles. The number of rotatable bonds is 5. The van der Waals surface area contributed by atoms with E-state index in [-0.39, 0.29) is 18.4 Å². The van der Waals surface area contributed by atoms with E-state index in [1.807, 2.05) is 0 Å². The van der Waals surface area contributed by atoms with Gasteiger partial charge >= 0.3 is 0 Å². The standard InChI is InChI=1S/C20H16N2O5/c1-12(21-17(23)13-6-2-3-7-14(13)18(21)24)10-11-27-22-19(25)15-8-4-5-9-16(15)20(22)26/h2-9,12H,10-11H2,1H3/t12-/m0/s1. The summed E-state index contributed by atoms with van der Waals surface area (Å²) in [6, 6.07) is 12.7. The molecule has 0 saturated carbocycles. The summed E-state index contributed by atoms with van der Waals surface area (Å²) in [6.45, 7) is 1.74. The minimum atomic E-state index is -0.510. The number of carbonyl (C=O) groups is 4. The molecule has 0 unspecified atom stereocenters. The molecule has 0 aromatic heterocycles. The fourth-order valence-electron chi connectivity index (χ4n) is 3.34. The molecule has 2 heterocycles. The lowest BCUT2D eigenvalue weighted by molar-refractivity contribution is -0.0944. The van der Waals surface area contributed by atoms with Crippen LogP contribution in [-0.2, 0) is 4.84 Å². The van der Waals surface area contributed by atoms with Gasteiger partial charge < -0.3 is 0 Å². The van der Waals surface area contributed by atoms with E-state index in [2.05, 4.69) is 0 Å². The Bertz CT molecular complexity index is 914. The van der Waals surface area contributed by atoms with Gasteiger partial charge in [0.2, 0.25) is 0 Å². The second-order valence-electron chi connectivity index (χ2n) is 6.45. The normalized spacial score (nSPS) is 16.8. The quantitative estimate of drug-likeness (QED) is 0.760. The van der Waals surface area contributed by atoms with Crippen LogP contribution in [0, 0.1) is 0 Å². The van der Waals surface area contributed by atoms with Crippen molar-refractivity contribution in [2.24, 2.45) is 0 Å². The monoisotopic (exact) mass is 364 g/mol. The number of hydrogen-bond donors (Lipinski definition) is 0. The SMILES string of the molecule is C[C@@H](CCON1C(=O)c2ccccc2C1=O)N1C(=O)c2ccccc2C1=O. The minimum Gasteiger partial charge on any atom is -0.271 e. The highest BCUT2D eigenvalue weighted by Gasteiger charge is 2.39. The fourth-order valence-corrected chi connectivity index (χ4v) is 3.34. The maximum Gasteiger partial charge on any atom is 0.285 e. The lowest BCUT2D eigenvalue weighted by Gasteiger charge is -2.23. The summed E-state index contributed by atoms with van der Waals surface area (Å²) in [4.78, 5) is 56.0. The zero-order valence-electron chi connectivity index (χ0n) is 14.5. The van der Waals surface area contributed by atoms with Crippen molar-refractivity contribution in [3.05, 3.63) is 70.8 Å². The maximum absolute atomic E-state index is 12.5. The van der Waals surface area contributed by atoms with Crippen LogP contribution < -0.4 is 0 Å². The van der Waals surface area contributed by atoms with Gasteiger partial charge in [0, 0.05) is 6.04 Å². The van der Waals surface area contributed by atoms with E-state index in [1.165, 1.54) is 4.90 Å². The molecule has 2 aromatic rings. The first-order valence-corrected chi connectivity index (χ1v) is 8.58. The highest BCUT2D eigenvalue weighted by atomic mass is 16.7. The van der Waals surface area contributed by atoms with Crippen LogP contribution in [0.4, 0.5) is 0 Å². The number of nitrogens with zero attached hydrogens (tertiary/aromatic N) is 2. The number of amides is 4. The predicted molar refractivity (Wildman–Crippen MR) is 93.9 cm³/mol. The third-order valence-corrected chi connectivity index (χ3v) is 4.78. The molecule has 4 amide bonds. The average Bonchev–Trinajstić information content (AvgIpc) is 3.08. The molecular weight excluding hydrogens is 348 g/mol. The molecule has 0 radical (unpaired) electrons. The third kappa shape index (κ3) is 2.63. The summed E-state index contributed by atoms with van der Waals surface area (Å²) in [6.07, 6.45) is 0.291. The number of benzene rings is 2. The minimum absolute atomic E-state index is 0.0139. The van der Waals surface area contributed by atoms with Crippen molar-refractivity contribution in [2.45, 2.75) is 19.4 Å². The Kier molecular flexibility index (Phi) is 4.08. The van der Waals surface area contributed by atoms with Crippen LogP contribution in [0.1, 0.15) is 54.8 Å². The van der Waals surface area contributed by atoms with Crippen molar-refractivity contribution in [3.63, 3.8) is 0 Å². The van der Waals surface area contributed by atoms with Crippen molar-refractivity contribution in [1.82, 2.24) is 9.96 Å². The molecule has 0 N–H and O–H groups in total. The fraction of sp³-hybridized carbons (Fsp3) is 0.200. The second-order valence-corrected chi connectivity index (χ2v) is 6.45. The first-order chi connectivity index (χ1) is 13.0. The lowest BCUT2D eigenvalue weighted by Crippen LogP contribution is -2.39. The van der Waals surface area contributed by atoms with E-state index in [0.717, 1.165) is 5.06 Å². The van der Waals surface area contributed by atoms with Crippen LogP contribution >= 0.6 is 0 Å². The van der Waals surface area contributed by atoms with E-state index >= 15 is 0 Å². The molecule has 0 saturated heterocycles. The predicted octanol–water partition coefficient (Wildman–Crippen LogP) is 2.29. The molecule has 27 heavy (non-hydrogen) atoms. The summed E-state index contributed by atoms with van der Waals surface area (Å²) < 4.78 is 0. The Hall–Kier alpha value is -3.32. The van der Waals surface area contributed by atoms with Crippen LogP contribution in [0.5, 0.6) is 0 Å². The summed E-state index contributed by atoms with van der Waals surface area (Å²) in [7, 11) is 0. The van der Waals surface area contributed by atoms with E-state index in [0.29, 0.717) is 28.7 Å². The van der Waals surface area contributed by atoms with Crippen molar-refractivity contribution < 1.29 is 24.0 Å². The van der Waals surface area contributed by atoms with Crippen molar-refractivity contribution in [1.29, 1.82) is 0 Å². The van der Waals surface area contributed by atoms with Gasteiger partial charge in [0.1, 0.15) is 0 Å². The molecule has 1 atom stereocenters. The Morgan fingerprint density at radius 3 is 1.59 bits per heavy atom. The summed E-state index contributed by atoms with van der Waals surface area (Å²) in [5.41, 5.74) is 1.37. The Balaban J connectivity index is 1.39. The zero-order valence-corrected chi connectivity index (χ0v) is 14.5. The first-order valence-electron chi connectivity index (χ1n) is 8.58. The van der Waals surface area contributed by atoms with Gasteiger partial charge in [0.05, 0.1) is 28.9 Å². The van der Waals surface area contributed by atoms with Gasteiger partial charge in [-0.3, -0.25) is 28.9 Å². The van der Waals surface area contributed by atoms with E-state index < -0.39 is 17.9 Å². The number of hydroxylamine groups is 2. The van der Waals surface area contributed by atoms with E-state index in [1.54, 1.807) is 55.5 Å². The third-order valence-electron chi connectivity index (χ3n) is 4.78. The number of fused-ring (bicyclic) bond motifs is 2. The van der Waals surface area contributed by atoms with Gasteiger partial charge in [0.15, 0.2) is 0 Å². The molecule has 0 spiro atoms. The molecule has 2 aliphatic heterocycles.